The van der Waals surface area contributed by atoms with E-state index in [2.05, 4.69) is 132 Å². The molecule has 11 aromatic rings. The maximum atomic E-state index is 6.34. The fourth-order valence-corrected chi connectivity index (χ4v) is 7.78. The molecule has 0 N–H and O–H groups in total. The number of hydrogen-bond donors (Lipinski definition) is 0. The number of nitrogens with zero attached hydrogens (tertiary/aromatic N) is 1. The van der Waals surface area contributed by atoms with E-state index in [0.717, 1.165) is 88.4 Å². The number of para-hydroxylation sites is 3. The van der Waals surface area contributed by atoms with Crippen molar-refractivity contribution in [1.29, 1.82) is 0 Å². The number of rotatable bonds is 4. The van der Waals surface area contributed by atoms with Crippen molar-refractivity contribution in [3.05, 3.63) is 164 Å². The molecule has 0 amide bonds. The second-order valence-corrected chi connectivity index (χ2v) is 12.9. The summed E-state index contributed by atoms with van der Waals surface area (Å²) in [5, 5.41) is 9.11. The minimum absolute atomic E-state index is 0.851. The Balaban J connectivity index is 1.07. The molecular weight excluding hydrogens is 615 g/mol. The molecule has 234 valence electrons. The smallest absolute Gasteiger partial charge is 0.137 e. The van der Waals surface area contributed by atoms with Crippen molar-refractivity contribution in [1.82, 2.24) is 0 Å². The fraction of sp³-hybridized carbons (Fsp3) is 0. The number of fused-ring (bicyclic) bond motifs is 11. The topological polar surface area (TPSA) is 42.7 Å². The molecule has 0 atom stereocenters. The molecule has 11 rings (SSSR count). The first-order chi connectivity index (χ1) is 24.8. The third kappa shape index (κ3) is 3.99. The Bertz CT molecular complexity index is 2990. The van der Waals surface area contributed by atoms with Crippen molar-refractivity contribution in [2.24, 2.45) is 0 Å². The number of benzene rings is 8. The van der Waals surface area contributed by atoms with E-state index >= 15 is 0 Å². The van der Waals surface area contributed by atoms with Crippen LogP contribution in [0.15, 0.2) is 177 Å². The quantitative estimate of drug-likeness (QED) is 0.192. The van der Waals surface area contributed by atoms with E-state index in [0.29, 0.717) is 0 Å². The van der Waals surface area contributed by atoms with Crippen LogP contribution in [0.4, 0.5) is 17.1 Å². The molecule has 50 heavy (non-hydrogen) atoms. The van der Waals surface area contributed by atoms with Crippen LogP contribution in [0.5, 0.6) is 0 Å². The van der Waals surface area contributed by atoms with Crippen LogP contribution in [0.3, 0.4) is 0 Å². The van der Waals surface area contributed by atoms with Crippen LogP contribution < -0.4 is 4.90 Å². The van der Waals surface area contributed by atoms with Gasteiger partial charge in [-0.05, 0) is 82.6 Å². The molecule has 4 nitrogen and oxygen atoms in total. The Morgan fingerprint density at radius 1 is 0.300 bits per heavy atom. The molecule has 4 heteroatoms. The third-order valence-corrected chi connectivity index (χ3v) is 10.1. The molecule has 0 spiro atoms. The van der Waals surface area contributed by atoms with Gasteiger partial charge in [-0.15, -0.1) is 0 Å². The first kappa shape index (κ1) is 27.2. The Morgan fingerprint density at radius 2 is 0.780 bits per heavy atom. The average molecular weight is 642 g/mol. The van der Waals surface area contributed by atoms with E-state index in [-0.39, 0.29) is 0 Å². The summed E-state index contributed by atoms with van der Waals surface area (Å²) in [5.41, 5.74) is 10.6. The second kappa shape index (κ2) is 10.4. The van der Waals surface area contributed by atoms with Crippen molar-refractivity contribution >= 4 is 93.7 Å². The van der Waals surface area contributed by atoms with Gasteiger partial charge in [0.15, 0.2) is 0 Å². The lowest BCUT2D eigenvalue weighted by Crippen LogP contribution is -2.09. The SMILES string of the molecule is c1ccc2c(c1)oc1cc(N(c3ccc(-c4cccc5c4ccc4oc6ccccc6c45)cc3)c3ccc4c(c3)oc3ccccc34)ccc12. The van der Waals surface area contributed by atoms with Crippen molar-refractivity contribution < 1.29 is 13.3 Å². The van der Waals surface area contributed by atoms with Gasteiger partial charge in [-0.1, -0.05) is 91.0 Å². The molecule has 3 aromatic heterocycles. The molecule has 0 bridgehead atoms. The summed E-state index contributed by atoms with van der Waals surface area (Å²) in [4.78, 5) is 2.27. The van der Waals surface area contributed by atoms with Gasteiger partial charge in [-0.2, -0.15) is 0 Å². The zero-order valence-electron chi connectivity index (χ0n) is 26.8. The van der Waals surface area contributed by atoms with E-state index in [1.54, 1.807) is 0 Å². The van der Waals surface area contributed by atoms with Crippen LogP contribution in [0.1, 0.15) is 0 Å². The fourth-order valence-electron chi connectivity index (χ4n) is 7.78. The molecule has 0 saturated carbocycles. The van der Waals surface area contributed by atoms with Gasteiger partial charge in [0.25, 0.3) is 0 Å². The zero-order valence-corrected chi connectivity index (χ0v) is 26.8. The summed E-state index contributed by atoms with van der Waals surface area (Å²) in [6, 6.07) is 57.3. The highest BCUT2D eigenvalue weighted by Gasteiger charge is 2.18. The first-order valence-electron chi connectivity index (χ1n) is 16.8. The molecule has 0 saturated heterocycles. The van der Waals surface area contributed by atoms with Crippen molar-refractivity contribution in [2.75, 3.05) is 4.90 Å². The Kier molecular flexibility index (Phi) is 5.63. The lowest BCUT2D eigenvalue weighted by molar-refractivity contribution is 0.668. The highest BCUT2D eigenvalue weighted by atomic mass is 16.3. The van der Waals surface area contributed by atoms with Crippen LogP contribution in [-0.4, -0.2) is 0 Å². The molecule has 0 aliphatic rings. The average Bonchev–Trinajstić information content (AvgIpc) is 3.86. The Labute approximate surface area is 286 Å². The largest absolute Gasteiger partial charge is 0.456 e. The molecule has 0 aliphatic heterocycles. The predicted molar refractivity (Wildman–Crippen MR) is 206 cm³/mol. The number of hydrogen-bond acceptors (Lipinski definition) is 4. The molecule has 0 aliphatic carbocycles. The molecule has 3 heterocycles. The standard InChI is InChI=1S/C46H27NO3/c1-4-13-40-34(8-1)36-22-20-30(26-44(36)49-40)47(31-21-23-37-35-9-2-5-14-41(35)50-45(37)27-31)29-18-16-28(17-19-29)32-11-7-12-38-33(32)24-25-43-46(38)39-10-3-6-15-42(39)48-43/h1-27H. The maximum Gasteiger partial charge on any atom is 0.137 e. The summed E-state index contributed by atoms with van der Waals surface area (Å²) < 4.78 is 18.9. The number of furan rings is 3. The monoisotopic (exact) mass is 641 g/mol. The minimum Gasteiger partial charge on any atom is -0.456 e. The van der Waals surface area contributed by atoms with Gasteiger partial charge in [-0.3, -0.25) is 0 Å². The normalized spacial score (nSPS) is 12.0. The van der Waals surface area contributed by atoms with Crippen LogP contribution in [0, 0.1) is 0 Å². The minimum atomic E-state index is 0.851. The highest BCUT2D eigenvalue weighted by molar-refractivity contribution is 6.21. The van der Waals surface area contributed by atoms with Gasteiger partial charge in [0.05, 0.1) is 0 Å². The molecule has 8 aromatic carbocycles. The van der Waals surface area contributed by atoms with E-state index < -0.39 is 0 Å². The zero-order chi connectivity index (χ0) is 32.8. The van der Waals surface area contributed by atoms with Crippen LogP contribution in [0.25, 0.3) is 87.7 Å². The van der Waals surface area contributed by atoms with Gasteiger partial charge in [-0.25, -0.2) is 0 Å². The van der Waals surface area contributed by atoms with Gasteiger partial charge in [0, 0.05) is 61.5 Å². The molecular formula is C46H27NO3. The van der Waals surface area contributed by atoms with E-state index in [4.69, 9.17) is 13.3 Å². The van der Waals surface area contributed by atoms with Gasteiger partial charge >= 0.3 is 0 Å². The Morgan fingerprint density at radius 3 is 1.42 bits per heavy atom. The lowest BCUT2D eigenvalue weighted by atomic mass is 9.95. The third-order valence-electron chi connectivity index (χ3n) is 10.1. The number of anilines is 3. The molecule has 0 fully saturated rings. The van der Waals surface area contributed by atoms with E-state index in [9.17, 15) is 0 Å². The molecule has 0 radical (unpaired) electrons. The predicted octanol–water partition coefficient (Wildman–Crippen LogP) is 13.7. The summed E-state index contributed by atoms with van der Waals surface area (Å²) >= 11 is 0. The van der Waals surface area contributed by atoms with E-state index in [1.165, 1.54) is 16.3 Å². The second-order valence-electron chi connectivity index (χ2n) is 12.9. The van der Waals surface area contributed by atoms with Gasteiger partial charge < -0.3 is 18.2 Å². The Hall–Kier alpha value is -6.78. The van der Waals surface area contributed by atoms with Gasteiger partial charge in [0.1, 0.15) is 33.5 Å². The first-order valence-corrected chi connectivity index (χ1v) is 16.8. The molecule has 0 unspecified atom stereocenters. The summed E-state index contributed by atoms with van der Waals surface area (Å²) in [7, 11) is 0. The van der Waals surface area contributed by atoms with Crippen molar-refractivity contribution in [3.63, 3.8) is 0 Å². The van der Waals surface area contributed by atoms with Crippen molar-refractivity contribution in [2.45, 2.75) is 0 Å². The van der Waals surface area contributed by atoms with Crippen LogP contribution in [-0.2, 0) is 0 Å². The lowest BCUT2D eigenvalue weighted by Gasteiger charge is -2.25. The van der Waals surface area contributed by atoms with E-state index in [1.807, 2.05) is 36.4 Å². The van der Waals surface area contributed by atoms with Gasteiger partial charge in [0.2, 0.25) is 0 Å². The highest BCUT2D eigenvalue weighted by Crippen LogP contribution is 2.43. The summed E-state index contributed by atoms with van der Waals surface area (Å²) in [6.07, 6.45) is 0. The maximum absolute atomic E-state index is 6.34. The summed E-state index contributed by atoms with van der Waals surface area (Å²) in [6.45, 7) is 0. The van der Waals surface area contributed by atoms with Crippen LogP contribution in [0.2, 0.25) is 0 Å². The van der Waals surface area contributed by atoms with Crippen LogP contribution >= 0.6 is 0 Å². The summed E-state index contributed by atoms with van der Waals surface area (Å²) in [5.74, 6) is 0. The van der Waals surface area contributed by atoms with Crippen molar-refractivity contribution in [3.8, 4) is 11.1 Å².